The smallest absolute Gasteiger partial charge is 0.269 e. The van der Waals surface area contributed by atoms with Crippen molar-refractivity contribution in [2.75, 3.05) is 37.8 Å². The predicted octanol–water partition coefficient (Wildman–Crippen LogP) is 5.92. The number of nitro groups is 1. The molecule has 35 heavy (non-hydrogen) atoms. The Morgan fingerprint density at radius 2 is 1.89 bits per heavy atom. The third kappa shape index (κ3) is 6.58. The van der Waals surface area contributed by atoms with E-state index in [1.807, 2.05) is 31.2 Å². The van der Waals surface area contributed by atoms with E-state index in [1.165, 1.54) is 17.8 Å². The van der Waals surface area contributed by atoms with Crippen molar-refractivity contribution in [2.24, 2.45) is 4.99 Å². The monoisotopic (exact) mass is 539 g/mol. The molecule has 182 valence electrons. The van der Waals surface area contributed by atoms with Crippen LogP contribution in [0.4, 0.5) is 17.1 Å². The topological polar surface area (TPSA) is 86.4 Å². The number of hydrogen-bond acceptors (Lipinski definition) is 7. The fourth-order valence-corrected chi connectivity index (χ4v) is 4.28. The van der Waals surface area contributed by atoms with Crippen LogP contribution in [-0.4, -0.2) is 44.0 Å². The van der Waals surface area contributed by atoms with E-state index < -0.39 is 4.92 Å². The molecule has 1 saturated heterocycles. The fraction of sp³-hybridized carbons (Fsp3) is 0.269. The molecule has 0 atom stereocenters. The van der Waals surface area contributed by atoms with Crippen LogP contribution in [0.3, 0.4) is 0 Å². The molecule has 0 aliphatic carbocycles. The van der Waals surface area contributed by atoms with Crippen molar-refractivity contribution < 1.29 is 19.1 Å². The van der Waals surface area contributed by atoms with Crippen LogP contribution in [0.1, 0.15) is 18.1 Å². The van der Waals surface area contributed by atoms with Crippen molar-refractivity contribution in [3.63, 3.8) is 0 Å². The Morgan fingerprint density at radius 1 is 1.11 bits per heavy atom. The number of morpholine rings is 1. The van der Waals surface area contributed by atoms with Gasteiger partial charge in [0.25, 0.3) is 5.69 Å². The van der Waals surface area contributed by atoms with Gasteiger partial charge in [0.05, 0.1) is 34.9 Å². The van der Waals surface area contributed by atoms with Gasteiger partial charge >= 0.3 is 0 Å². The van der Waals surface area contributed by atoms with Crippen molar-refractivity contribution in [3.8, 4) is 11.5 Å². The Labute approximate surface area is 212 Å². The lowest BCUT2D eigenvalue weighted by Gasteiger charge is -2.28. The lowest BCUT2D eigenvalue weighted by atomic mass is 10.2. The Morgan fingerprint density at radius 3 is 2.60 bits per heavy atom. The summed E-state index contributed by atoms with van der Waals surface area (Å²) in [5.74, 6) is 1.10. The van der Waals surface area contributed by atoms with Crippen LogP contribution in [0.25, 0.3) is 0 Å². The molecule has 1 aliphatic rings. The zero-order valence-corrected chi connectivity index (χ0v) is 20.9. The maximum atomic E-state index is 11.0. The van der Waals surface area contributed by atoms with Crippen LogP contribution in [0.2, 0.25) is 0 Å². The highest BCUT2D eigenvalue weighted by Gasteiger charge is 2.14. The number of aliphatic imine (C=N–C) groups is 1. The summed E-state index contributed by atoms with van der Waals surface area (Å²) in [6.07, 6.45) is 1.78. The molecule has 0 radical (unpaired) electrons. The van der Waals surface area contributed by atoms with E-state index in [-0.39, 0.29) is 12.3 Å². The van der Waals surface area contributed by atoms with E-state index in [9.17, 15) is 10.1 Å². The first-order valence-electron chi connectivity index (χ1n) is 11.3. The van der Waals surface area contributed by atoms with Gasteiger partial charge in [0.15, 0.2) is 11.5 Å². The zero-order valence-electron chi connectivity index (χ0n) is 19.4. The number of nitrogens with zero attached hydrogens (tertiary/aromatic N) is 3. The molecule has 1 heterocycles. The molecule has 8 nitrogen and oxygen atoms in total. The van der Waals surface area contributed by atoms with Crippen LogP contribution in [0.15, 0.2) is 70.1 Å². The summed E-state index contributed by atoms with van der Waals surface area (Å²) in [5, 5.41) is 11.0. The summed E-state index contributed by atoms with van der Waals surface area (Å²) < 4.78 is 17.9. The maximum Gasteiger partial charge on any atom is 0.269 e. The van der Waals surface area contributed by atoms with E-state index >= 15 is 0 Å². The molecule has 4 rings (SSSR count). The van der Waals surface area contributed by atoms with Gasteiger partial charge in [-0.3, -0.25) is 15.1 Å². The minimum Gasteiger partial charge on any atom is -0.490 e. The van der Waals surface area contributed by atoms with Crippen LogP contribution in [0.5, 0.6) is 11.5 Å². The normalized spacial score (nSPS) is 13.7. The quantitative estimate of drug-likeness (QED) is 0.190. The van der Waals surface area contributed by atoms with E-state index in [0.29, 0.717) is 28.1 Å². The Kier molecular flexibility index (Phi) is 8.33. The summed E-state index contributed by atoms with van der Waals surface area (Å²) in [5.41, 5.74) is 3.58. The number of anilines is 1. The van der Waals surface area contributed by atoms with Gasteiger partial charge in [0.1, 0.15) is 6.61 Å². The van der Waals surface area contributed by atoms with Crippen molar-refractivity contribution >= 4 is 39.2 Å². The molecule has 0 spiro atoms. The molecule has 1 fully saturated rings. The first-order chi connectivity index (χ1) is 17.0. The van der Waals surface area contributed by atoms with Gasteiger partial charge in [-0.25, -0.2) is 0 Å². The molecular weight excluding hydrogens is 514 g/mol. The zero-order chi connectivity index (χ0) is 24.6. The molecule has 3 aromatic carbocycles. The number of rotatable bonds is 9. The summed E-state index contributed by atoms with van der Waals surface area (Å²) in [4.78, 5) is 17.5. The molecule has 0 bridgehead atoms. The second-order valence-corrected chi connectivity index (χ2v) is 8.71. The molecular formula is C26H26BrN3O5. The van der Waals surface area contributed by atoms with E-state index in [2.05, 4.69) is 38.0 Å². The van der Waals surface area contributed by atoms with E-state index in [4.69, 9.17) is 14.2 Å². The Hall–Kier alpha value is -3.43. The van der Waals surface area contributed by atoms with Crippen molar-refractivity contribution in [1.29, 1.82) is 0 Å². The lowest BCUT2D eigenvalue weighted by Crippen LogP contribution is -2.36. The minimum absolute atomic E-state index is 0.0275. The number of benzene rings is 3. The first-order valence-corrected chi connectivity index (χ1v) is 12.1. The molecule has 0 N–H and O–H groups in total. The first kappa shape index (κ1) is 24.7. The highest BCUT2D eigenvalue weighted by molar-refractivity contribution is 9.10. The summed E-state index contributed by atoms with van der Waals surface area (Å²) in [6.45, 7) is 5.82. The maximum absolute atomic E-state index is 11.0. The summed E-state index contributed by atoms with van der Waals surface area (Å²) >= 11 is 3.57. The average Bonchev–Trinajstić information content (AvgIpc) is 2.88. The number of nitro benzene ring substituents is 1. The van der Waals surface area contributed by atoms with Crippen LogP contribution < -0.4 is 14.4 Å². The highest BCUT2D eigenvalue weighted by atomic mass is 79.9. The molecule has 0 saturated carbocycles. The van der Waals surface area contributed by atoms with Gasteiger partial charge < -0.3 is 19.1 Å². The van der Waals surface area contributed by atoms with Gasteiger partial charge in [-0.05, 0) is 70.4 Å². The molecule has 1 aliphatic heterocycles. The second-order valence-electron chi connectivity index (χ2n) is 7.85. The van der Waals surface area contributed by atoms with Gasteiger partial charge in [-0.15, -0.1) is 0 Å². The SMILES string of the molecule is CCOc1cc(C=Nc2ccc(N3CCOCC3)cc2)cc(Br)c1OCc1cccc([N+](=O)[O-])c1. The van der Waals surface area contributed by atoms with Gasteiger partial charge in [-0.2, -0.15) is 0 Å². The van der Waals surface area contributed by atoms with Crippen molar-refractivity contribution in [1.82, 2.24) is 0 Å². The molecule has 0 amide bonds. The Bertz CT molecular complexity index is 1190. The molecule has 3 aromatic rings. The summed E-state index contributed by atoms with van der Waals surface area (Å²) in [6, 6.07) is 18.3. The van der Waals surface area contributed by atoms with Crippen LogP contribution in [0, 0.1) is 10.1 Å². The second kappa shape index (κ2) is 11.8. The van der Waals surface area contributed by atoms with E-state index in [0.717, 1.165) is 37.6 Å². The third-order valence-corrected chi connectivity index (χ3v) is 6.01. The Balaban J connectivity index is 1.47. The predicted molar refractivity (Wildman–Crippen MR) is 139 cm³/mol. The van der Waals surface area contributed by atoms with Crippen molar-refractivity contribution in [3.05, 3.63) is 86.4 Å². The van der Waals surface area contributed by atoms with Crippen molar-refractivity contribution in [2.45, 2.75) is 13.5 Å². The van der Waals surface area contributed by atoms with Gasteiger partial charge in [0, 0.05) is 37.1 Å². The molecule has 0 unspecified atom stereocenters. The van der Waals surface area contributed by atoms with Crippen LogP contribution >= 0.6 is 15.9 Å². The number of ether oxygens (including phenoxy) is 3. The molecule has 9 heteroatoms. The van der Waals surface area contributed by atoms with Crippen LogP contribution in [-0.2, 0) is 11.3 Å². The number of halogens is 1. The average molecular weight is 540 g/mol. The standard InChI is InChI=1S/C26H26BrN3O5/c1-2-34-25-16-20(17-28-21-6-8-22(9-7-21)29-10-12-33-13-11-29)15-24(27)26(25)35-18-19-4-3-5-23(14-19)30(31)32/h3-9,14-17H,2,10-13,18H2,1H3. The third-order valence-electron chi connectivity index (χ3n) is 5.42. The fourth-order valence-electron chi connectivity index (χ4n) is 3.70. The number of hydrogen-bond donors (Lipinski definition) is 0. The largest absolute Gasteiger partial charge is 0.490 e. The van der Waals surface area contributed by atoms with Gasteiger partial charge in [0.2, 0.25) is 0 Å². The number of non-ortho nitro benzene ring substituents is 1. The highest BCUT2D eigenvalue weighted by Crippen LogP contribution is 2.37. The minimum atomic E-state index is -0.421. The molecule has 0 aromatic heterocycles. The van der Waals surface area contributed by atoms with Gasteiger partial charge in [-0.1, -0.05) is 12.1 Å². The lowest BCUT2D eigenvalue weighted by molar-refractivity contribution is -0.384. The van der Waals surface area contributed by atoms with E-state index in [1.54, 1.807) is 18.3 Å². The summed E-state index contributed by atoms with van der Waals surface area (Å²) in [7, 11) is 0.